The molecule has 2 aromatic carbocycles. The highest BCUT2D eigenvalue weighted by atomic mass is 16.5. The van der Waals surface area contributed by atoms with Crippen LogP contribution in [0.4, 0.5) is 5.69 Å². The summed E-state index contributed by atoms with van der Waals surface area (Å²) in [4.78, 5) is 12.2. The zero-order valence-corrected chi connectivity index (χ0v) is 10.9. The van der Waals surface area contributed by atoms with E-state index in [0.717, 1.165) is 11.3 Å². The number of carbonyl (C=O) groups is 1. The first-order valence-electron chi connectivity index (χ1n) is 6.53. The van der Waals surface area contributed by atoms with Crippen LogP contribution in [0.2, 0.25) is 0 Å². The minimum Gasteiger partial charge on any atom is -0.508 e. The van der Waals surface area contributed by atoms with Crippen LogP contribution >= 0.6 is 0 Å². The molecule has 1 amide bonds. The summed E-state index contributed by atoms with van der Waals surface area (Å²) in [5.74, 6) is 0.781. The molecular weight excluding hydrogens is 254 g/mol. The van der Waals surface area contributed by atoms with Gasteiger partial charge in [-0.3, -0.25) is 4.79 Å². The minimum absolute atomic E-state index is 0.0646. The summed E-state index contributed by atoms with van der Waals surface area (Å²) in [5.41, 5.74) is 1.73. The molecule has 1 heterocycles. The summed E-state index contributed by atoms with van der Waals surface area (Å²) < 4.78 is 5.61. The normalized spacial score (nSPS) is 16.9. The second kappa shape index (κ2) is 5.25. The van der Waals surface area contributed by atoms with E-state index in [9.17, 15) is 9.90 Å². The molecule has 1 aliphatic heterocycles. The Labute approximate surface area is 117 Å². The Hall–Kier alpha value is -2.49. The second-order valence-corrected chi connectivity index (χ2v) is 4.86. The number of rotatable bonds is 2. The molecule has 0 fully saturated rings. The van der Waals surface area contributed by atoms with E-state index in [4.69, 9.17) is 4.74 Å². The van der Waals surface area contributed by atoms with Crippen LogP contribution in [0.3, 0.4) is 0 Å². The minimum atomic E-state index is -0.196. The molecule has 1 atom stereocenters. The van der Waals surface area contributed by atoms with Crippen LogP contribution < -0.4 is 10.1 Å². The first kappa shape index (κ1) is 12.5. The second-order valence-electron chi connectivity index (χ2n) is 4.86. The van der Waals surface area contributed by atoms with Crippen LogP contribution in [0.5, 0.6) is 11.5 Å². The fourth-order valence-corrected chi connectivity index (χ4v) is 2.29. The van der Waals surface area contributed by atoms with Gasteiger partial charge in [0.25, 0.3) is 0 Å². The highest BCUT2D eigenvalue weighted by molar-refractivity contribution is 5.93. The number of hydrogen-bond donors (Lipinski definition) is 2. The Morgan fingerprint density at radius 1 is 1.15 bits per heavy atom. The number of anilines is 1. The number of phenols is 1. The molecule has 20 heavy (non-hydrogen) atoms. The number of hydrogen-bond acceptors (Lipinski definition) is 3. The van der Waals surface area contributed by atoms with Gasteiger partial charge in [0.15, 0.2) is 0 Å². The van der Waals surface area contributed by atoms with E-state index in [2.05, 4.69) is 5.32 Å². The molecule has 0 saturated heterocycles. The first-order valence-corrected chi connectivity index (χ1v) is 6.53. The molecule has 1 unspecified atom stereocenters. The Balaban J connectivity index is 1.68. The number of nitrogens with one attached hydrogen (secondary N) is 1. The summed E-state index contributed by atoms with van der Waals surface area (Å²) in [6.07, 6.45) is 0.681. The maximum atomic E-state index is 12.2. The molecule has 0 saturated carbocycles. The van der Waals surface area contributed by atoms with Crippen LogP contribution in [0.25, 0.3) is 0 Å². The molecule has 102 valence electrons. The summed E-state index contributed by atoms with van der Waals surface area (Å²) in [7, 11) is 0. The van der Waals surface area contributed by atoms with Gasteiger partial charge < -0.3 is 15.2 Å². The van der Waals surface area contributed by atoms with Crippen molar-refractivity contribution in [3.63, 3.8) is 0 Å². The van der Waals surface area contributed by atoms with Crippen molar-refractivity contribution in [3.8, 4) is 11.5 Å². The molecule has 0 aromatic heterocycles. The van der Waals surface area contributed by atoms with Gasteiger partial charge in [-0.1, -0.05) is 18.2 Å². The highest BCUT2D eigenvalue weighted by Gasteiger charge is 2.25. The molecule has 0 radical (unpaired) electrons. The van der Waals surface area contributed by atoms with Gasteiger partial charge in [0.2, 0.25) is 5.91 Å². The predicted octanol–water partition coefficient (Wildman–Crippen LogP) is 2.58. The zero-order valence-electron chi connectivity index (χ0n) is 10.9. The molecule has 1 aliphatic rings. The van der Waals surface area contributed by atoms with E-state index in [1.807, 2.05) is 24.3 Å². The van der Waals surface area contributed by atoms with Gasteiger partial charge >= 0.3 is 0 Å². The lowest BCUT2D eigenvalue weighted by Crippen LogP contribution is -2.32. The van der Waals surface area contributed by atoms with Gasteiger partial charge in [-0.2, -0.15) is 0 Å². The van der Waals surface area contributed by atoms with Crippen molar-refractivity contribution in [1.82, 2.24) is 0 Å². The largest absolute Gasteiger partial charge is 0.508 e. The summed E-state index contributed by atoms with van der Waals surface area (Å²) in [6, 6.07) is 14.2. The fourth-order valence-electron chi connectivity index (χ4n) is 2.29. The zero-order chi connectivity index (χ0) is 13.9. The number of phenolic OH excluding ortho intramolecular Hbond substituents is 1. The van der Waals surface area contributed by atoms with Gasteiger partial charge in [-0.25, -0.2) is 0 Å². The fraction of sp³-hybridized carbons (Fsp3) is 0.188. The van der Waals surface area contributed by atoms with E-state index in [0.29, 0.717) is 18.7 Å². The molecule has 0 bridgehead atoms. The molecule has 2 aromatic rings. The first-order chi connectivity index (χ1) is 9.72. The Morgan fingerprint density at radius 2 is 1.90 bits per heavy atom. The number of carbonyl (C=O) groups excluding carboxylic acids is 1. The standard InChI is InChI=1S/C16H15NO3/c18-14-7-5-13(6-8-14)17-16(19)12-9-11-3-1-2-4-15(11)20-10-12/h1-8,12,18H,9-10H2,(H,17,19). The lowest BCUT2D eigenvalue weighted by atomic mass is 9.96. The monoisotopic (exact) mass is 269 g/mol. The van der Waals surface area contributed by atoms with Gasteiger partial charge in [0, 0.05) is 5.69 Å². The molecule has 4 nitrogen and oxygen atoms in total. The van der Waals surface area contributed by atoms with Crippen molar-refractivity contribution in [2.75, 3.05) is 11.9 Å². The average Bonchev–Trinajstić information content (AvgIpc) is 2.49. The topological polar surface area (TPSA) is 58.6 Å². The van der Waals surface area contributed by atoms with Crippen LogP contribution in [-0.4, -0.2) is 17.6 Å². The number of ether oxygens (including phenoxy) is 1. The van der Waals surface area contributed by atoms with Crippen molar-refractivity contribution < 1.29 is 14.6 Å². The Morgan fingerprint density at radius 3 is 2.70 bits per heavy atom. The Bertz CT molecular complexity index is 622. The molecule has 3 rings (SSSR count). The molecular formula is C16H15NO3. The van der Waals surface area contributed by atoms with E-state index < -0.39 is 0 Å². The number of benzene rings is 2. The molecule has 0 spiro atoms. The van der Waals surface area contributed by atoms with E-state index in [-0.39, 0.29) is 17.6 Å². The van der Waals surface area contributed by atoms with E-state index in [1.165, 1.54) is 0 Å². The summed E-state index contributed by atoms with van der Waals surface area (Å²) >= 11 is 0. The smallest absolute Gasteiger partial charge is 0.231 e. The van der Waals surface area contributed by atoms with Crippen LogP contribution in [0.15, 0.2) is 48.5 Å². The summed E-state index contributed by atoms with van der Waals surface area (Å²) in [6.45, 7) is 0.390. The van der Waals surface area contributed by atoms with Crippen LogP contribution in [-0.2, 0) is 11.2 Å². The quantitative estimate of drug-likeness (QED) is 0.824. The van der Waals surface area contributed by atoms with Gasteiger partial charge in [0.05, 0.1) is 5.92 Å². The third kappa shape index (κ3) is 2.59. The SMILES string of the molecule is O=C(Nc1ccc(O)cc1)C1COc2ccccc2C1. The Kier molecular flexibility index (Phi) is 3.29. The van der Waals surface area contributed by atoms with Crippen LogP contribution in [0.1, 0.15) is 5.56 Å². The van der Waals surface area contributed by atoms with Gasteiger partial charge in [-0.15, -0.1) is 0 Å². The van der Waals surface area contributed by atoms with Crippen molar-refractivity contribution in [1.29, 1.82) is 0 Å². The van der Waals surface area contributed by atoms with Gasteiger partial charge in [-0.05, 0) is 42.3 Å². The summed E-state index contributed by atoms with van der Waals surface area (Å²) in [5, 5.41) is 12.1. The molecule has 2 N–H and O–H groups in total. The highest BCUT2D eigenvalue weighted by Crippen LogP contribution is 2.27. The number of para-hydroxylation sites is 1. The lowest BCUT2D eigenvalue weighted by molar-refractivity contribution is -0.121. The lowest BCUT2D eigenvalue weighted by Gasteiger charge is -2.24. The van der Waals surface area contributed by atoms with Crippen LogP contribution in [0, 0.1) is 5.92 Å². The van der Waals surface area contributed by atoms with Crippen molar-refractivity contribution >= 4 is 11.6 Å². The third-order valence-corrected chi connectivity index (χ3v) is 3.38. The number of fused-ring (bicyclic) bond motifs is 1. The predicted molar refractivity (Wildman–Crippen MR) is 75.9 cm³/mol. The number of amides is 1. The van der Waals surface area contributed by atoms with Crippen molar-refractivity contribution in [2.45, 2.75) is 6.42 Å². The van der Waals surface area contributed by atoms with E-state index in [1.54, 1.807) is 24.3 Å². The number of aromatic hydroxyl groups is 1. The van der Waals surface area contributed by atoms with Crippen molar-refractivity contribution in [3.05, 3.63) is 54.1 Å². The van der Waals surface area contributed by atoms with Gasteiger partial charge in [0.1, 0.15) is 18.1 Å². The third-order valence-electron chi connectivity index (χ3n) is 3.38. The van der Waals surface area contributed by atoms with Crippen molar-refractivity contribution in [2.24, 2.45) is 5.92 Å². The molecule has 4 heteroatoms. The maximum absolute atomic E-state index is 12.2. The van der Waals surface area contributed by atoms with E-state index >= 15 is 0 Å². The average molecular weight is 269 g/mol. The molecule has 0 aliphatic carbocycles. The maximum Gasteiger partial charge on any atom is 0.231 e.